The van der Waals surface area contributed by atoms with Crippen molar-refractivity contribution in [3.8, 4) is 5.75 Å². The SMILES string of the molecule is CCOC(=O)c1sc(NC(=O)CSc2nnc(COc3ccccc3)o2)c(C(=O)OCC)c1C. The van der Waals surface area contributed by atoms with Gasteiger partial charge >= 0.3 is 11.9 Å². The molecule has 0 fully saturated rings. The first-order valence-corrected chi connectivity index (χ1v) is 12.1. The Labute approximate surface area is 204 Å². The number of esters is 2. The molecule has 0 aliphatic carbocycles. The molecule has 0 aliphatic heterocycles. The Morgan fingerprint density at radius 3 is 2.47 bits per heavy atom. The molecule has 2 aromatic heterocycles. The van der Waals surface area contributed by atoms with Crippen molar-refractivity contribution in [3.63, 3.8) is 0 Å². The lowest BCUT2D eigenvalue weighted by Gasteiger charge is -2.06. The number of carbonyl (C=O) groups excluding carboxylic acids is 3. The lowest BCUT2D eigenvalue weighted by Crippen LogP contribution is -2.16. The average molecular weight is 506 g/mol. The van der Waals surface area contributed by atoms with Crippen LogP contribution in [0.5, 0.6) is 5.75 Å². The van der Waals surface area contributed by atoms with Gasteiger partial charge in [-0.1, -0.05) is 30.0 Å². The first kappa shape index (κ1) is 25.2. The molecular formula is C22H23N3O7S2. The molecule has 10 nitrogen and oxygen atoms in total. The number of aromatic nitrogens is 2. The van der Waals surface area contributed by atoms with E-state index in [-0.39, 0.29) is 52.1 Å². The van der Waals surface area contributed by atoms with E-state index in [0.29, 0.717) is 11.3 Å². The molecule has 0 radical (unpaired) electrons. The third-order valence-electron chi connectivity index (χ3n) is 4.22. The second-order valence-electron chi connectivity index (χ2n) is 6.60. The van der Waals surface area contributed by atoms with Gasteiger partial charge in [-0.05, 0) is 38.5 Å². The van der Waals surface area contributed by atoms with E-state index in [2.05, 4.69) is 15.5 Å². The van der Waals surface area contributed by atoms with Gasteiger partial charge in [0.05, 0.1) is 24.5 Å². The Hall–Kier alpha value is -3.38. The summed E-state index contributed by atoms with van der Waals surface area (Å²) in [6, 6.07) is 9.19. The van der Waals surface area contributed by atoms with Gasteiger partial charge in [0.1, 0.15) is 15.6 Å². The van der Waals surface area contributed by atoms with Crippen LogP contribution in [0.3, 0.4) is 0 Å². The average Bonchev–Trinajstić information content (AvgIpc) is 3.41. The monoisotopic (exact) mass is 505 g/mol. The van der Waals surface area contributed by atoms with Crippen LogP contribution in [0.15, 0.2) is 40.0 Å². The number of anilines is 1. The van der Waals surface area contributed by atoms with Crippen molar-refractivity contribution in [3.05, 3.63) is 52.2 Å². The van der Waals surface area contributed by atoms with Gasteiger partial charge in [0, 0.05) is 0 Å². The van der Waals surface area contributed by atoms with Gasteiger partial charge in [0.25, 0.3) is 11.1 Å². The maximum atomic E-state index is 12.5. The molecule has 0 unspecified atom stereocenters. The van der Waals surface area contributed by atoms with Crippen molar-refractivity contribution in [2.45, 2.75) is 32.6 Å². The van der Waals surface area contributed by atoms with E-state index >= 15 is 0 Å². The van der Waals surface area contributed by atoms with E-state index in [1.165, 1.54) is 0 Å². The molecule has 2 heterocycles. The maximum Gasteiger partial charge on any atom is 0.348 e. The minimum Gasteiger partial charge on any atom is -0.484 e. The Bertz CT molecular complexity index is 1140. The molecule has 0 aliphatic rings. The summed E-state index contributed by atoms with van der Waals surface area (Å²) in [5.74, 6) is -0.747. The quantitative estimate of drug-likeness (QED) is 0.300. The van der Waals surface area contributed by atoms with Crippen LogP contribution in [0.1, 0.15) is 45.3 Å². The van der Waals surface area contributed by atoms with E-state index in [4.69, 9.17) is 18.6 Å². The minimum atomic E-state index is -0.630. The fourth-order valence-corrected chi connectivity index (χ4v) is 4.43. The number of rotatable bonds is 11. The molecule has 12 heteroatoms. The highest BCUT2D eigenvalue weighted by molar-refractivity contribution is 7.99. The van der Waals surface area contributed by atoms with Crippen LogP contribution in [0.25, 0.3) is 0 Å². The van der Waals surface area contributed by atoms with E-state index in [1.54, 1.807) is 32.9 Å². The molecule has 1 aromatic carbocycles. The number of para-hydroxylation sites is 1. The largest absolute Gasteiger partial charge is 0.484 e. The molecule has 180 valence electrons. The van der Waals surface area contributed by atoms with Crippen LogP contribution in [0.2, 0.25) is 0 Å². The third-order valence-corrected chi connectivity index (χ3v) is 6.23. The zero-order valence-electron chi connectivity index (χ0n) is 18.8. The molecule has 0 saturated carbocycles. The van der Waals surface area contributed by atoms with E-state index < -0.39 is 17.8 Å². The number of nitrogens with zero attached hydrogens (tertiary/aromatic N) is 2. The number of nitrogens with one attached hydrogen (secondary N) is 1. The first-order chi connectivity index (χ1) is 16.4. The number of thiophene rings is 1. The van der Waals surface area contributed by atoms with Crippen LogP contribution >= 0.6 is 23.1 Å². The third kappa shape index (κ3) is 6.58. The van der Waals surface area contributed by atoms with Gasteiger partial charge in [0.2, 0.25) is 5.91 Å². The fraction of sp³-hybridized carbons (Fsp3) is 0.318. The summed E-state index contributed by atoms with van der Waals surface area (Å²) >= 11 is 1.99. The lowest BCUT2D eigenvalue weighted by molar-refractivity contribution is -0.113. The predicted molar refractivity (Wildman–Crippen MR) is 125 cm³/mol. The summed E-state index contributed by atoms with van der Waals surface area (Å²) in [7, 11) is 0. The van der Waals surface area contributed by atoms with Crippen LogP contribution in [-0.2, 0) is 20.9 Å². The number of ether oxygens (including phenoxy) is 3. The maximum absolute atomic E-state index is 12.5. The number of hydrogen-bond acceptors (Lipinski definition) is 11. The van der Waals surface area contributed by atoms with Crippen molar-refractivity contribution < 1.29 is 33.0 Å². The molecule has 3 aromatic rings. The number of hydrogen-bond donors (Lipinski definition) is 1. The molecule has 1 N–H and O–H groups in total. The summed E-state index contributed by atoms with van der Waals surface area (Å²) in [4.78, 5) is 37.4. The summed E-state index contributed by atoms with van der Waals surface area (Å²) in [6.45, 7) is 5.40. The molecule has 0 atom stereocenters. The zero-order chi connectivity index (χ0) is 24.5. The number of carbonyl (C=O) groups is 3. The van der Waals surface area contributed by atoms with Crippen LogP contribution in [0.4, 0.5) is 5.00 Å². The van der Waals surface area contributed by atoms with Gasteiger partial charge < -0.3 is 23.9 Å². The van der Waals surface area contributed by atoms with Crippen molar-refractivity contribution in [1.82, 2.24) is 10.2 Å². The number of amides is 1. The minimum absolute atomic E-state index is 0.0604. The van der Waals surface area contributed by atoms with Gasteiger partial charge in [0.15, 0.2) is 6.61 Å². The van der Waals surface area contributed by atoms with Crippen LogP contribution in [0, 0.1) is 6.92 Å². The summed E-state index contributed by atoms with van der Waals surface area (Å²) in [5.41, 5.74) is 0.524. The topological polar surface area (TPSA) is 130 Å². The van der Waals surface area contributed by atoms with Crippen molar-refractivity contribution in [2.75, 3.05) is 24.3 Å². The van der Waals surface area contributed by atoms with Gasteiger partial charge in [-0.2, -0.15) is 0 Å². The van der Waals surface area contributed by atoms with E-state index in [1.807, 2.05) is 18.2 Å². The second-order valence-corrected chi connectivity index (χ2v) is 8.55. The molecule has 0 spiro atoms. The smallest absolute Gasteiger partial charge is 0.348 e. The fourth-order valence-electron chi connectivity index (χ4n) is 2.75. The number of benzene rings is 1. The van der Waals surface area contributed by atoms with Gasteiger partial charge in [-0.3, -0.25) is 4.79 Å². The summed E-state index contributed by atoms with van der Waals surface area (Å²) in [6.07, 6.45) is 0. The van der Waals surface area contributed by atoms with Crippen LogP contribution < -0.4 is 10.1 Å². The van der Waals surface area contributed by atoms with Gasteiger partial charge in [-0.15, -0.1) is 21.5 Å². The Morgan fingerprint density at radius 1 is 1.06 bits per heavy atom. The Balaban J connectivity index is 1.62. The molecule has 0 bridgehead atoms. The second kappa shape index (κ2) is 12.2. The van der Waals surface area contributed by atoms with Gasteiger partial charge in [-0.25, -0.2) is 9.59 Å². The van der Waals surface area contributed by atoms with E-state index in [0.717, 1.165) is 23.1 Å². The molecule has 34 heavy (non-hydrogen) atoms. The molecule has 1 amide bonds. The highest BCUT2D eigenvalue weighted by Gasteiger charge is 2.27. The van der Waals surface area contributed by atoms with Crippen molar-refractivity contribution in [2.24, 2.45) is 0 Å². The lowest BCUT2D eigenvalue weighted by atomic mass is 10.1. The van der Waals surface area contributed by atoms with E-state index in [9.17, 15) is 14.4 Å². The normalized spacial score (nSPS) is 10.6. The number of thioether (sulfide) groups is 1. The zero-order valence-corrected chi connectivity index (χ0v) is 20.4. The van der Waals surface area contributed by atoms with Crippen molar-refractivity contribution >= 4 is 45.9 Å². The highest BCUT2D eigenvalue weighted by Crippen LogP contribution is 2.34. The summed E-state index contributed by atoms with van der Waals surface area (Å²) in [5, 5.41) is 10.9. The van der Waals surface area contributed by atoms with Crippen molar-refractivity contribution in [1.29, 1.82) is 0 Å². The molecule has 3 rings (SSSR count). The van der Waals surface area contributed by atoms with Crippen LogP contribution in [-0.4, -0.2) is 47.0 Å². The summed E-state index contributed by atoms with van der Waals surface area (Å²) < 4.78 is 21.2. The predicted octanol–water partition coefficient (Wildman–Crippen LogP) is 4.10. The molecule has 0 saturated heterocycles. The molecular weight excluding hydrogens is 482 g/mol. The standard InChI is InChI=1S/C22H23N3O7S2/c1-4-29-20(27)17-13(3)18(21(28)30-5-2)34-19(17)23-15(26)12-33-22-25-24-16(32-22)11-31-14-9-7-6-8-10-14/h6-10H,4-5,11-12H2,1-3H3,(H,23,26). The first-order valence-electron chi connectivity index (χ1n) is 10.3. The Morgan fingerprint density at radius 2 is 1.76 bits per heavy atom. The highest BCUT2D eigenvalue weighted by atomic mass is 32.2. The Kier molecular flexibility index (Phi) is 9.05.